The summed E-state index contributed by atoms with van der Waals surface area (Å²) in [5.74, 6) is 2.04. The molecule has 0 saturated carbocycles. The largest absolute Gasteiger partial charge is 1.00 e. The normalized spacial score (nSPS) is 9.14. The summed E-state index contributed by atoms with van der Waals surface area (Å²) in [6.07, 6.45) is 3.49. The summed E-state index contributed by atoms with van der Waals surface area (Å²) in [7, 11) is 0. The number of thioether (sulfide) groups is 2. The van der Waals surface area contributed by atoms with Gasteiger partial charge >= 0.3 is 29.6 Å². The Bertz CT molecular complexity index is 159. The van der Waals surface area contributed by atoms with E-state index in [2.05, 4.69) is 0 Å². The molecule has 0 bridgehead atoms. The van der Waals surface area contributed by atoms with Crippen LogP contribution in [0.3, 0.4) is 0 Å². The minimum Gasteiger partial charge on any atom is -0.385 e. The molecule has 0 radical (unpaired) electrons. The quantitative estimate of drug-likeness (QED) is 0.373. The molecule has 0 fully saturated rings. The van der Waals surface area contributed by atoms with Gasteiger partial charge in [0.2, 0.25) is 0 Å². The molecule has 0 aliphatic rings. The number of hydrogen-bond acceptors (Lipinski definition) is 4. The maximum absolute atomic E-state index is 5.33. The van der Waals surface area contributed by atoms with E-state index >= 15 is 0 Å². The minimum absolute atomic E-state index is 0. The topological polar surface area (TPSA) is 52.0 Å². The van der Waals surface area contributed by atoms with Crippen LogP contribution in [-0.2, 0) is 0 Å². The molecule has 14 heavy (non-hydrogen) atoms. The van der Waals surface area contributed by atoms with Gasteiger partial charge in [0.15, 0.2) is 0 Å². The molecule has 7 heteroatoms. The summed E-state index contributed by atoms with van der Waals surface area (Å²) < 4.78 is 1.08. The molecule has 0 aromatic heterocycles. The van der Waals surface area contributed by atoms with Gasteiger partial charge < -0.3 is 11.5 Å². The van der Waals surface area contributed by atoms with Gasteiger partial charge in [0.05, 0.1) is 0 Å². The van der Waals surface area contributed by atoms with Crippen molar-refractivity contribution in [2.24, 2.45) is 11.5 Å². The fourth-order valence-electron chi connectivity index (χ4n) is 0.726. The monoisotopic (exact) mass is 277 g/mol. The maximum Gasteiger partial charge on any atom is 1.00 e. The van der Waals surface area contributed by atoms with Crippen LogP contribution in [0.4, 0.5) is 0 Å². The average Bonchev–Trinajstić information content (AvgIpc) is 2.01. The zero-order chi connectivity index (χ0) is 10.1. The second-order valence-corrected chi connectivity index (χ2v) is 6.07. The maximum atomic E-state index is 5.33. The van der Waals surface area contributed by atoms with Gasteiger partial charge in [-0.15, -0.1) is 0 Å². The molecule has 0 rings (SSSR count). The van der Waals surface area contributed by atoms with Crippen molar-refractivity contribution in [3.8, 4) is 0 Å². The fraction of sp³-hybridized carbons (Fsp3) is 0.714. The smallest absolute Gasteiger partial charge is 0.385 e. The Morgan fingerprint density at radius 3 is 1.50 bits per heavy atom. The van der Waals surface area contributed by atoms with Crippen LogP contribution in [0, 0.1) is 0 Å². The molecule has 0 aliphatic heterocycles. The second kappa shape index (κ2) is 12.5. The average molecular weight is 277 g/mol. The Balaban J connectivity index is 0. The molecule has 0 amide bonds. The van der Waals surface area contributed by atoms with E-state index in [1.807, 2.05) is 0 Å². The van der Waals surface area contributed by atoms with E-state index < -0.39 is 0 Å². The van der Waals surface area contributed by atoms with Crippen LogP contribution in [0.2, 0.25) is 0 Å². The van der Waals surface area contributed by atoms with Crippen molar-refractivity contribution in [1.82, 2.24) is 0 Å². The van der Waals surface area contributed by atoms with Gasteiger partial charge in [-0.1, -0.05) is 54.4 Å². The number of thiocarbonyl (C=S) groups is 2. The Labute approximate surface area is 127 Å². The molecule has 4 N–H and O–H groups in total. The minimum atomic E-state index is 0. The first kappa shape index (κ1) is 17.9. The molecule has 0 spiro atoms. The molecule has 0 aromatic carbocycles. The Hall–Kier alpha value is 1.48. The standard InChI is InChI=1S/C7H14N2S4.Na/c8-6(10)12-4-2-1-3-5-13-7(9)11;/h1-5H2,(H2,8,10)(H2,9,11);/q;+1. The molecule has 76 valence electrons. The third-order valence-electron chi connectivity index (χ3n) is 1.28. The van der Waals surface area contributed by atoms with Crippen LogP contribution in [0.1, 0.15) is 19.3 Å². The molecule has 2 nitrogen and oxygen atoms in total. The first-order valence-electron chi connectivity index (χ1n) is 3.97. The van der Waals surface area contributed by atoms with Crippen LogP contribution >= 0.6 is 48.0 Å². The first-order chi connectivity index (χ1) is 6.13. The van der Waals surface area contributed by atoms with Gasteiger partial charge in [-0.3, -0.25) is 0 Å². The summed E-state index contributed by atoms with van der Waals surface area (Å²) in [4.78, 5) is 0. The van der Waals surface area contributed by atoms with E-state index in [-0.39, 0.29) is 29.6 Å². The predicted octanol–water partition coefficient (Wildman–Crippen LogP) is -0.886. The second-order valence-electron chi connectivity index (χ2n) is 2.40. The van der Waals surface area contributed by atoms with E-state index in [0.29, 0.717) is 8.64 Å². The Morgan fingerprint density at radius 2 is 1.21 bits per heavy atom. The summed E-state index contributed by atoms with van der Waals surface area (Å²) in [6, 6.07) is 0. The van der Waals surface area contributed by atoms with Crippen molar-refractivity contribution >= 4 is 56.6 Å². The predicted molar refractivity (Wildman–Crippen MR) is 72.3 cm³/mol. The molecule has 0 aliphatic carbocycles. The van der Waals surface area contributed by atoms with Crippen molar-refractivity contribution in [2.45, 2.75) is 19.3 Å². The van der Waals surface area contributed by atoms with Crippen molar-refractivity contribution in [1.29, 1.82) is 0 Å². The molecule has 0 saturated heterocycles. The van der Waals surface area contributed by atoms with Gasteiger partial charge in [0.25, 0.3) is 0 Å². The fourth-order valence-corrected chi connectivity index (χ4v) is 2.33. The third kappa shape index (κ3) is 15.9. The Morgan fingerprint density at radius 1 is 0.857 bits per heavy atom. The van der Waals surface area contributed by atoms with Gasteiger partial charge in [-0.25, -0.2) is 0 Å². The summed E-state index contributed by atoms with van der Waals surface area (Å²) in [5.41, 5.74) is 10.7. The van der Waals surface area contributed by atoms with E-state index in [1.165, 1.54) is 6.42 Å². The molecule has 0 unspecified atom stereocenters. The Kier molecular flexibility index (Phi) is 16.0. The van der Waals surface area contributed by atoms with E-state index in [4.69, 9.17) is 35.9 Å². The van der Waals surface area contributed by atoms with E-state index in [1.54, 1.807) is 23.5 Å². The van der Waals surface area contributed by atoms with Gasteiger partial charge in [-0.2, -0.15) is 0 Å². The molecule has 0 atom stereocenters. The van der Waals surface area contributed by atoms with Crippen LogP contribution in [0.5, 0.6) is 0 Å². The molecule has 0 aromatic rings. The summed E-state index contributed by atoms with van der Waals surface area (Å²) in [6.45, 7) is 0. The van der Waals surface area contributed by atoms with Crippen LogP contribution in [0.15, 0.2) is 0 Å². The molecular weight excluding hydrogens is 263 g/mol. The molecule has 0 heterocycles. The number of hydrogen-bond donors (Lipinski definition) is 2. The van der Waals surface area contributed by atoms with Gasteiger partial charge in [0, 0.05) is 11.5 Å². The number of unbranched alkanes of at least 4 members (excludes halogenated alkanes) is 2. The van der Waals surface area contributed by atoms with Gasteiger partial charge in [0.1, 0.15) is 8.64 Å². The first-order valence-corrected chi connectivity index (χ1v) is 6.76. The van der Waals surface area contributed by atoms with Crippen molar-refractivity contribution in [3.63, 3.8) is 0 Å². The summed E-state index contributed by atoms with van der Waals surface area (Å²) in [5, 5.41) is 0. The SMILES string of the molecule is NC(=S)SCCCCCSC(N)=S.[Na+]. The summed E-state index contributed by atoms with van der Waals surface area (Å²) >= 11 is 12.6. The molecular formula is C7H14N2NaS4+. The van der Waals surface area contributed by atoms with Crippen LogP contribution in [-0.4, -0.2) is 20.1 Å². The van der Waals surface area contributed by atoms with Gasteiger partial charge in [-0.05, 0) is 12.8 Å². The van der Waals surface area contributed by atoms with Crippen LogP contribution < -0.4 is 41.0 Å². The number of rotatable bonds is 6. The number of nitrogens with two attached hydrogens (primary N) is 2. The van der Waals surface area contributed by atoms with Crippen molar-refractivity contribution in [2.75, 3.05) is 11.5 Å². The van der Waals surface area contributed by atoms with Crippen molar-refractivity contribution < 1.29 is 29.6 Å². The van der Waals surface area contributed by atoms with Crippen molar-refractivity contribution in [3.05, 3.63) is 0 Å². The van der Waals surface area contributed by atoms with E-state index in [0.717, 1.165) is 24.3 Å². The zero-order valence-electron chi connectivity index (χ0n) is 8.32. The zero-order valence-corrected chi connectivity index (χ0v) is 13.6. The van der Waals surface area contributed by atoms with E-state index in [9.17, 15) is 0 Å². The van der Waals surface area contributed by atoms with Crippen LogP contribution in [0.25, 0.3) is 0 Å². The third-order valence-corrected chi connectivity index (χ3v) is 3.54.